The van der Waals surface area contributed by atoms with Gasteiger partial charge in [-0.05, 0) is 0 Å². The zero-order valence-electron chi connectivity index (χ0n) is 16.1. The van der Waals surface area contributed by atoms with Crippen molar-refractivity contribution in [2.45, 2.75) is 0 Å². The minimum Gasteiger partial charge on any atom is -0.411 e. The van der Waals surface area contributed by atoms with E-state index in [0.29, 0.717) is 17.3 Å². The average molecular weight is 610 g/mol. The predicted molar refractivity (Wildman–Crippen MR) is 135 cm³/mol. The quantitative estimate of drug-likeness (QED) is 0.225. The van der Waals surface area contributed by atoms with Gasteiger partial charge in [0.15, 0.2) is 0 Å². The van der Waals surface area contributed by atoms with Gasteiger partial charge in [-0.3, -0.25) is 0 Å². The van der Waals surface area contributed by atoms with Crippen molar-refractivity contribution >= 4 is 117 Å². The van der Waals surface area contributed by atoms with Crippen molar-refractivity contribution < 1.29 is 36.5 Å². The van der Waals surface area contributed by atoms with Crippen LogP contribution >= 0.6 is 48.9 Å². The largest absolute Gasteiger partial charge is 2.00 e. The molecule has 0 amide bonds. The van der Waals surface area contributed by atoms with Crippen LogP contribution in [0.4, 0.5) is 0 Å². The summed E-state index contributed by atoms with van der Waals surface area (Å²) in [5.41, 5.74) is 0. The van der Waals surface area contributed by atoms with E-state index in [4.69, 9.17) is 0 Å². The van der Waals surface area contributed by atoms with Crippen LogP contribution in [0.2, 0.25) is 0 Å². The SMILES string of the molecule is CN(C)C(=S)[S-].CN(C)C(=S)[S-].CN(C)C(=S)[S-].CN(C)C(=S)[S-].[Cu+2].[Zn+2]. The first-order valence-corrected chi connectivity index (χ1v) is 9.37. The summed E-state index contributed by atoms with van der Waals surface area (Å²) in [4.78, 5) is 6.85. The molecule has 0 atom stereocenters. The van der Waals surface area contributed by atoms with Crippen LogP contribution in [0.1, 0.15) is 0 Å². The fourth-order valence-corrected chi connectivity index (χ4v) is 0. The smallest absolute Gasteiger partial charge is 0.411 e. The summed E-state index contributed by atoms with van der Waals surface area (Å²) < 4.78 is 2.04. The molecular weight excluding hydrogens is 586 g/mol. The number of rotatable bonds is 0. The maximum atomic E-state index is 4.56. The summed E-state index contributed by atoms with van der Waals surface area (Å²) in [6.45, 7) is 0. The number of hydrogen-bond acceptors (Lipinski definition) is 8. The van der Waals surface area contributed by atoms with E-state index < -0.39 is 0 Å². The maximum absolute atomic E-state index is 4.56. The molecule has 153 valence electrons. The molecule has 0 aromatic heterocycles. The summed E-state index contributed by atoms with van der Waals surface area (Å²) in [5, 5.41) is 0. The van der Waals surface area contributed by atoms with Crippen LogP contribution in [0.25, 0.3) is 0 Å². The summed E-state index contributed by atoms with van der Waals surface area (Å²) in [6.07, 6.45) is 0. The number of nitrogens with zero attached hydrogens (tertiary/aromatic N) is 4. The van der Waals surface area contributed by atoms with E-state index >= 15 is 0 Å². The van der Waals surface area contributed by atoms with Crippen LogP contribution in [-0.4, -0.2) is 93.3 Å². The molecule has 0 bridgehead atoms. The molecule has 4 nitrogen and oxygen atoms in total. The van der Waals surface area contributed by atoms with E-state index in [1.807, 2.05) is 56.4 Å². The van der Waals surface area contributed by atoms with Crippen LogP contribution in [-0.2, 0) is 87.1 Å². The van der Waals surface area contributed by atoms with E-state index in [2.05, 4.69) is 99.4 Å². The third kappa shape index (κ3) is 50.0. The van der Waals surface area contributed by atoms with Crippen LogP contribution in [0.3, 0.4) is 0 Å². The Balaban J connectivity index is -0.0000000500. The van der Waals surface area contributed by atoms with Crippen molar-refractivity contribution in [3.05, 3.63) is 0 Å². The third-order valence-electron chi connectivity index (χ3n) is 1.46. The van der Waals surface area contributed by atoms with E-state index in [1.54, 1.807) is 19.6 Å². The number of thiocarbonyl (C=S) groups is 4. The van der Waals surface area contributed by atoms with Crippen LogP contribution in [0.5, 0.6) is 0 Å². The second-order valence-corrected chi connectivity index (χ2v) is 8.77. The Kier molecular flexibility index (Phi) is 42.8. The van der Waals surface area contributed by atoms with E-state index in [0.717, 1.165) is 0 Å². The molecule has 0 saturated heterocycles. The van der Waals surface area contributed by atoms with Crippen LogP contribution in [0, 0.1) is 0 Å². The Hall–Kier alpha value is 1.58. The van der Waals surface area contributed by atoms with Gasteiger partial charge in [-0.15, -0.1) is 0 Å². The van der Waals surface area contributed by atoms with Gasteiger partial charge in [-0.1, -0.05) is 17.3 Å². The van der Waals surface area contributed by atoms with Gasteiger partial charge >= 0.3 is 36.5 Å². The van der Waals surface area contributed by atoms with Gasteiger partial charge in [0.2, 0.25) is 0 Å². The summed E-state index contributed by atoms with van der Waals surface area (Å²) >= 11 is 36.5. The fraction of sp³-hybridized carbons (Fsp3) is 0.667. The molecule has 0 heterocycles. The first-order valence-electron chi connectivity index (χ1n) is 6.11. The molecule has 26 heavy (non-hydrogen) atoms. The Bertz CT molecular complexity index is 323. The minimum atomic E-state index is 0. The molecule has 0 aliphatic rings. The molecule has 1 radical (unpaired) electrons. The molecule has 14 heteroatoms. The second kappa shape index (κ2) is 26.6. The zero-order valence-corrected chi connectivity index (χ0v) is 26.5. The van der Waals surface area contributed by atoms with E-state index in [-0.39, 0.29) is 36.5 Å². The predicted octanol–water partition coefficient (Wildman–Crippen LogP) is 1.51. The van der Waals surface area contributed by atoms with Crippen molar-refractivity contribution in [3.63, 3.8) is 0 Å². The molecule has 0 saturated carbocycles. The van der Waals surface area contributed by atoms with Gasteiger partial charge in [0, 0.05) is 56.4 Å². The molecule has 0 N–H and O–H groups in total. The molecular formula is C12H24CuN4S8Zn. The summed E-state index contributed by atoms with van der Waals surface area (Å²) in [5.74, 6) is 0. The Morgan fingerprint density at radius 1 is 0.462 bits per heavy atom. The Labute approximate surface area is 226 Å². The third-order valence-corrected chi connectivity index (χ3v) is 4.38. The molecule has 0 aliphatic heterocycles. The van der Waals surface area contributed by atoms with Crippen LogP contribution < -0.4 is 0 Å². The number of hydrogen-bond donors (Lipinski definition) is 0. The van der Waals surface area contributed by atoms with Gasteiger partial charge in [-0.2, -0.15) is 0 Å². The van der Waals surface area contributed by atoms with Gasteiger partial charge < -0.3 is 119 Å². The maximum Gasteiger partial charge on any atom is 2.00 e. The Morgan fingerprint density at radius 2 is 0.500 bits per heavy atom. The molecule has 0 unspecified atom stereocenters. The molecule has 0 spiro atoms. The molecule has 0 aromatic carbocycles. The minimum absolute atomic E-state index is 0. The van der Waals surface area contributed by atoms with E-state index in [1.165, 1.54) is 0 Å². The first kappa shape index (κ1) is 41.8. The van der Waals surface area contributed by atoms with Crippen molar-refractivity contribution in [1.82, 2.24) is 19.6 Å². The second-order valence-electron chi connectivity index (χ2n) is 4.64. The molecule has 0 aromatic rings. The van der Waals surface area contributed by atoms with Gasteiger partial charge in [0.25, 0.3) is 0 Å². The zero-order chi connectivity index (χ0) is 20.6. The topological polar surface area (TPSA) is 13.0 Å². The summed E-state index contributed by atoms with van der Waals surface area (Å²) in [7, 11) is 14.6. The first-order chi connectivity index (χ1) is 10.6. The van der Waals surface area contributed by atoms with E-state index in [9.17, 15) is 0 Å². The monoisotopic (exact) mass is 607 g/mol. The summed E-state index contributed by atoms with van der Waals surface area (Å²) in [6, 6.07) is 0. The molecule has 0 aliphatic carbocycles. The molecule has 0 fully saturated rings. The van der Waals surface area contributed by atoms with Gasteiger partial charge in [0.1, 0.15) is 0 Å². The normalized spacial score (nSPS) is 7.08. The van der Waals surface area contributed by atoms with Gasteiger partial charge in [-0.25, -0.2) is 0 Å². The standard InChI is InChI=1S/4C3H7NS2.Cu.Zn/c4*1-4(2)3(5)6;;/h4*1-2H3,(H,5,6);;/q;;;;2*+2/p-4. The average Bonchev–Trinajstić information content (AvgIpc) is 2.40. The van der Waals surface area contributed by atoms with Crippen molar-refractivity contribution in [3.8, 4) is 0 Å². The van der Waals surface area contributed by atoms with Crippen LogP contribution in [0.15, 0.2) is 0 Å². The fourth-order valence-electron chi connectivity index (χ4n) is 0. The van der Waals surface area contributed by atoms with Crippen molar-refractivity contribution in [2.75, 3.05) is 56.4 Å². The van der Waals surface area contributed by atoms with Gasteiger partial charge in [0.05, 0.1) is 0 Å². The van der Waals surface area contributed by atoms with Crippen molar-refractivity contribution in [1.29, 1.82) is 0 Å². The molecule has 0 rings (SSSR count). The Morgan fingerprint density at radius 3 is 0.500 bits per heavy atom. The van der Waals surface area contributed by atoms with Crippen molar-refractivity contribution in [2.24, 2.45) is 0 Å².